The van der Waals surface area contributed by atoms with E-state index in [4.69, 9.17) is 11.6 Å². The summed E-state index contributed by atoms with van der Waals surface area (Å²) in [6.07, 6.45) is 7.29. The molecular weight excluding hydrogens is 228 g/mol. The van der Waals surface area contributed by atoms with Crippen LogP contribution in [0.4, 0.5) is 0 Å². The van der Waals surface area contributed by atoms with E-state index in [0.29, 0.717) is 6.04 Å². The molecule has 1 aromatic rings. The minimum atomic E-state index is 0.607. The van der Waals surface area contributed by atoms with Crippen LogP contribution in [0.1, 0.15) is 37.6 Å². The zero-order valence-corrected chi connectivity index (χ0v) is 10.6. The predicted molar refractivity (Wildman–Crippen MR) is 65.4 cm³/mol. The maximum absolute atomic E-state index is 5.83. The monoisotopic (exact) mass is 244 g/mol. The maximum Gasteiger partial charge on any atom is 0.113 e. The fraction of sp³-hybridized carbons (Fsp3) is 0.727. The zero-order valence-electron chi connectivity index (χ0n) is 9.00. The van der Waals surface area contributed by atoms with Crippen LogP contribution in [0.25, 0.3) is 0 Å². The van der Waals surface area contributed by atoms with Crippen LogP contribution in [0.5, 0.6) is 0 Å². The maximum atomic E-state index is 5.83. The Morgan fingerprint density at radius 3 is 2.93 bits per heavy atom. The number of aromatic nitrogens is 1. The van der Waals surface area contributed by atoms with E-state index in [-0.39, 0.29) is 0 Å². The van der Waals surface area contributed by atoms with Crippen molar-refractivity contribution < 1.29 is 0 Å². The lowest BCUT2D eigenvalue weighted by Gasteiger charge is -2.19. The van der Waals surface area contributed by atoms with Gasteiger partial charge in [0.1, 0.15) is 9.34 Å². The lowest BCUT2D eigenvalue weighted by molar-refractivity contribution is 0.380. The number of hydrogen-bond acceptors (Lipinski definition) is 3. The summed E-state index contributed by atoms with van der Waals surface area (Å²) in [7, 11) is 0. The summed E-state index contributed by atoms with van der Waals surface area (Å²) < 4.78 is 0.778. The summed E-state index contributed by atoms with van der Waals surface area (Å²) in [6, 6.07) is 0.607. The molecule has 0 unspecified atom stereocenters. The van der Waals surface area contributed by atoms with Crippen molar-refractivity contribution in [3.8, 4) is 0 Å². The molecule has 1 aliphatic rings. The molecule has 1 atom stereocenters. The van der Waals surface area contributed by atoms with Crippen LogP contribution < -0.4 is 5.32 Å². The fourth-order valence-corrected chi connectivity index (χ4v) is 3.15. The van der Waals surface area contributed by atoms with Crippen molar-refractivity contribution in [2.75, 3.05) is 0 Å². The summed E-state index contributed by atoms with van der Waals surface area (Å²) in [6.45, 7) is 3.14. The Morgan fingerprint density at radius 1 is 1.60 bits per heavy atom. The molecule has 0 amide bonds. The Kier molecular flexibility index (Phi) is 4.00. The molecular formula is C11H17ClN2S. The molecule has 1 N–H and O–H groups in total. The Balaban J connectivity index is 1.77. The van der Waals surface area contributed by atoms with Gasteiger partial charge in [-0.05, 0) is 25.7 Å². The molecule has 1 fully saturated rings. The minimum absolute atomic E-state index is 0.607. The highest BCUT2D eigenvalue weighted by atomic mass is 35.5. The van der Waals surface area contributed by atoms with Crippen LogP contribution in [0, 0.1) is 5.92 Å². The van der Waals surface area contributed by atoms with E-state index in [1.807, 2.05) is 0 Å². The first-order chi connectivity index (χ1) is 7.25. The number of nitrogens with zero attached hydrogens (tertiary/aromatic N) is 1. The molecule has 0 bridgehead atoms. The Hall–Kier alpha value is -0.120. The smallest absolute Gasteiger partial charge is 0.113 e. The highest BCUT2D eigenvalue weighted by molar-refractivity contribution is 7.15. The van der Waals surface area contributed by atoms with Crippen LogP contribution in [-0.4, -0.2) is 11.0 Å². The molecule has 2 nitrogen and oxygen atoms in total. The largest absolute Gasteiger partial charge is 0.308 e. The summed E-state index contributed by atoms with van der Waals surface area (Å²) in [5, 5.41) is 4.63. The minimum Gasteiger partial charge on any atom is -0.308 e. The summed E-state index contributed by atoms with van der Waals surface area (Å²) in [5.74, 6) is 0.862. The van der Waals surface area contributed by atoms with E-state index in [0.717, 1.165) is 21.8 Å². The SMILES string of the molecule is C[C@H](NCc1ncc(Cl)s1)C1CCCC1. The first kappa shape index (κ1) is 11.4. The van der Waals surface area contributed by atoms with Crippen LogP contribution in [0.15, 0.2) is 6.20 Å². The molecule has 1 saturated carbocycles. The number of thiazole rings is 1. The van der Waals surface area contributed by atoms with Gasteiger partial charge in [0, 0.05) is 12.6 Å². The molecule has 0 aromatic carbocycles. The van der Waals surface area contributed by atoms with Crippen molar-refractivity contribution in [2.45, 2.75) is 45.2 Å². The van der Waals surface area contributed by atoms with Crippen molar-refractivity contribution in [2.24, 2.45) is 5.92 Å². The van der Waals surface area contributed by atoms with E-state index < -0.39 is 0 Å². The molecule has 4 heteroatoms. The van der Waals surface area contributed by atoms with Crippen molar-refractivity contribution in [1.29, 1.82) is 0 Å². The van der Waals surface area contributed by atoms with Crippen LogP contribution in [-0.2, 0) is 6.54 Å². The van der Waals surface area contributed by atoms with E-state index >= 15 is 0 Å². The highest BCUT2D eigenvalue weighted by Crippen LogP contribution is 2.27. The van der Waals surface area contributed by atoms with Gasteiger partial charge in [-0.3, -0.25) is 0 Å². The molecule has 0 spiro atoms. The predicted octanol–water partition coefficient (Wildman–Crippen LogP) is 3.46. The van der Waals surface area contributed by atoms with Gasteiger partial charge in [0.15, 0.2) is 0 Å². The highest BCUT2D eigenvalue weighted by Gasteiger charge is 2.21. The summed E-state index contributed by atoms with van der Waals surface area (Å²) in [5.41, 5.74) is 0. The molecule has 15 heavy (non-hydrogen) atoms. The molecule has 0 radical (unpaired) electrons. The first-order valence-corrected chi connectivity index (χ1v) is 6.79. The van der Waals surface area contributed by atoms with Crippen molar-refractivity contribution in [3.05, 3.63) is 15.5 Å². The second kappa shape index (κ2) is 5.28. The van der Waals surface area contributed by atoms with Gasteiger partial charge in [-0.25, -0.2) is 4.98 Å². The van der Waals surface area contributed by atoms with Crippen LogP contribution >= 0.6 is 22.9 Å². The summed E-state index contributed by atoms with van der Waals surface area (Å²) >= 11 is 7.40. The lowest BCUT2D eigenvalue weighted by atomic mass is 10.00. The van der Waals surface area contributed by atoms with E-state index in [1.165, 1.54) is 25.7 Å². The van der Waals surface area contributed by atoms with Gasteiger partial charge in [-0.1, -0.05) is 24.4 Å². The zero-order chi connectivity index (χ0) is 10.7. The second-order valence-electron chi connectivity index (χ2n) is 4.27. The van der Waals surface area contributed by atoms with Crippen molar-refractivity contribution in [3.63, 3.8) is 0 Å². The molecule has 1 heterocycles. The van der Waals surface area contributed by atoms with Gasteiger partial charge in [0.25, 0.3) is 0 Å². The van der Waals surface area contributed by atoms with Crippen molar-refractivity contribution in [1.82, 2.24) is 10.3 Å². The average molecular weight is 245 g/mol. The van der Waals surface area contributed by atoms with Gasteiger partial charge in [-0.15, -0.1) is 11.3 Å². The molecule has 1 aliphatic carbocycles. The summed E-state index contributed by atoms with van der Waals surface area (Å²) in [4.78, 5) is 4.24. The Labute approximate surface area is 100 Å². The number of nitrogens with one attached hydrogen (secondary N) is 1. The Bertz CT molecular complexity index is 307. The molecule has 84 valence electrons. The fourth-order valence-electron chi connectivity index (χ4n) is 2.24. The topological polar surface area (TPSA) is 24.9 Å². The third-order valence-corrected chi connectivity index (χ3v) is 4.32. The van der Waals surface area contributed by atoms with Crippen LogP contribution in [0.2, 0.25) is 4.34 Å². The van der Waals surface area contributed by atoms with Gasteiger partial charge in [-0.2, -0.15) is 0 Å². The molecule has 0 aliphatic heterocycles. The number of halogens is 1. The third kappa shape index (κ3) is 3.16. The number of hydrogen-bond donors (Lipinski definition) is 1. The average Bonchev–Trinajstić information content (AvgIpc) is 2.84. The quantitative estimate of drug-likeness (QED) is 0.878. The molecule has 2 rings (SSSR count). The first-order valence-electron chi connectivity index (χ1n) is 5.59. The lowest BCUT2D eigenvalue weighted by Crippen LogP contribution is -2.31. The van der Waals surface area contributed by atoms with Gasteiger partial charge >= 0.3 is 0 Å². The number of rotatable bonds is 4. The standard InChI is InChI=1S/C11H17ClN2S/c1-8(9-4-2-3-5-9)13-7-11-14-6-10(12)15-11/h6,8-9,13H,2-5,7H2,1H3/t8-/m0/s1. The van der Waals surface area contributed by atoms with Gasteiger partial charge in [0.05, 0.1) is 6.20 Å². The van der Waals surface area contributed by atoms with Crippen molar-refractivity contribution >= 4 is 22.9 Å². The van der Waals surface area contributed by atoms with Crippen LogP contribution in [0.3, 0.4) is 0 Å². The van der Waals surface area contributed by atoms with Gasteiger partial charge < -0.3 is 5.32 Å². The van der Waals surface area contributed by atoms with E-state index in [1.54, 1.807) is 17.5 Å². The van der Waals surface area contributed by atoms with Gasteiger partial charge in [0.2, 0.25) is 0 Å². The third-order valence-electron chi connectivity index (χ3n) is 3.21. The molecule has 1 aromatic heterocycles. The normalized spacial score (nSPS) is 19.6. The second-order valence-corrected chi connectivity index (χ2v) is 6.02. The van der Waals surface area contributed by atoms with E-state index in [9.17, 15) is 0 Å². The van der Waals surface area contributed by atoms with E-state index in [2.05, 4.69) is 17.2 Å². The molecule has 0 saturated heterocycles. The Morgan fingerprint density at radius 2 is 2.33 bits per heavy atom.